The minimum absolute atomic E-state index is 0.811. The van der Waals surface area contributed by atoms with Gasteiger partial charge in [-0.25, -0.2) is 0 Å². The van der Waals surface area contributed by atoms with Crippen molar-refractivity contribution in [2.45, 2.75) is 45.3 Å². The average Bonchev–Trinajstić information content (AvgIpc) is 2.50. The summed E-state index contributed by atoms with van der Waals surface area (Å²) in [6, 6.07) is 0. The van der Waals surface area contributed by atoms with Crippen LogP contribution in [0.25, 0.3) is 0 Å². The summed E-state index contributed by atoms with van der Waals surface area (Å²) in [7, 11) is 0. The van der Waals surface area contributed by atoms with Gasteiger partial charge in [-0.1, -0.05) is 36.6 Å². The summed E-state index contributed by atoms with van der Waals surface area (Å²) in [4.78, 5) is 18.0. The quantitative estimate of drug-likeness (QED) is 0.331. The van der Waals surface area contributed by atoms with Crippen LogP contribution in [0.5, 0.6) is 0 Å². The molecular weight excluding hydrogens is 324 g/mol. The highest BCUT2D eigenvalue weighted by atomic mass is 16.4. The Labute approximate surface area is 149 Å². The molecule has 25 heavy (non-hydrogen) atoms. The Hall–Kier alpha value is -2.80. The van der Waals surface area contributed by atoms with Crippen LogP contribution in [-0.4, -0.2) is 44.6 Å². The van der Waals surface area contributed by atoms with E-state index in [1.54, 1.807) is 6.08 Å². The number of unbranched alkanes of at least 4 members (excludes halogenated alkanes) is 2. The standard InChI is InChI=1S/C15H18O2.2C2H4O2/c1-3-5-6-7-8-12-15(17)13-10-9-11-14(16)4-2;2*1-2(3)4/h3-4,8,12,14-17H,1-2,5-7H2;2*1H3,(H,3,4). The lowest BCUT2D eigenvalue weighted by molar-refractivity contribution is -0.135. The van der Waals surface area contributed by atoms with E-state index >= 15 is 0 Å². The normalized spacial score (nSPS) is 10.7. The summed E-state index contributed by atoms with van der Waals surface area (Å²) in [6.45, 7) is 9.16. The molecule has 4 N–H and O–H groups in total. The number of rotatable bonds is 6. The molecule has 2 unspecified atom stereocenters. The van der Waals surface area contributed by atoms with Crippen molar-refractivity contribution >= 4 is 11.9 Å². The van der Waals surface area contributed by atoms with Gasteiger partial charge in [0.2, 0.25) is 0 Å². The van der Waals surface area contributed by atoms with Gasteiger partial charge in [0.1, 0.15) is 12.2 Å². The molecule has 0 aliphatic heterocycles. The van der Waals surface area contributed by atoms with Crippen molar-refractivity contribution in [3.8, 4) is 23.7 Å². The maximum absolute atomic E-state index is 9.40. The number of aliphatic carboxylic acids is 2. The van der Waals surface area contributed by atoms with Gasteiger partial charge >= 0.3 is 0 Å². The van der Waals surface area contributed by atoms with Crippen molar-refractivity contribution in [3.05, 3.63) is 37.5 Å². The molecule has 0 rings (SSSR count). The van der Waals surface area contributed by atoms with Crippen LogP contribution in [0.15, 0.2) is 37.5 Å². The van der Waals surface area contributed by atoms with Crippen molar-refractivity contribution in [3.63, 3.8) is 0 Å². The topological polar surface area (TPSA) is 115 Å². The fraction of sp³-hybridized carbons (Fsp3) is 0.368. The molecule has 0 saturated carbocycles. The Kier molecular flexibility index (Phi) is 23.0. The lowest BCUT2D eigenvalue weighted by Gasteiger charge is -1.93. The molecule has 0 aromatic rings. The Morgan fingerprint density at radius 1 is 0.960 bits per heavy atom. The Morgan fingerprint density at radius 3 is 1.80 bits per heavy atom. The van der Waals surface area contributed by atoms with Crippen molar-refractivity contribution in [2.75, 3.05) is 0 Å². The zero-order chi connectivity index (χ0) is 20.1. The molecule has 6 nitrogen and oxygen atoms in total. The Bertz CT molecular complexity index is 520. The third-order valence-corrected chi connectivity index (χ3v) is 1.82. The lowest BCUT2D eigenvalue weighted by atomic mass is 10.2. The Balaban J connectivity index is -0.000000503. The second-order valence-electron chi connectivity index (χ2n) is 4.35. The van der Waals surface area contributed by atoms with Crippen LogP contribution in [0.1, 0.15) is 33.1 Å². The second kappa shape index (κ2) is 21.2. The van der Waals surface area contributed by atoms with Gasteiger partial charge in [-0.15, -0.1) is 6.58 Å². The first-order chi connectivity index (χ1) is 11.7. The number of aliphatic hydroxyl groups excluding tert-OH is 2. The number of hydrogen-bond donors (Lipinski definition) is 4. The fourth-order valence-electron chi connectivity index (χ4n) is 0.932. The molecule has 0 aliphatic carbocycles. The zero-order valence-electron chi connectivity index (χ0n) is 14.6. The van der Waals surface area contributed by atoms with Gasteiger partial charge in [-0.05, 0) is 37.2 Å². The summed E-state index contributed by atoms with van der Waals surface area (Å²) in [5, 5.41) is 33.2. The molecule has 2 atom stereocenters. The molecule has 0 aliphatic rings. The fourth-order valence-corrected chi connectivity index (χ4v) is 0.932. The van der Waals surface area contributed by atoms with E-state index in [1.165, 1.54) is 6.08 Å². The third kappa shape index (κ3) is 44.9. The van der Waals surface area contributed by atoms with E-state index in [9.17, 15) is 5.11 Å². The van der Waals surface area contributed by atoms with Gasteiger partial charge in [0.25, 0.3) is 11.9 Å². The molecule has 0 bridgehead atoms. The molecular formula is C19H26O6. The van der Waals surface area contributed by atoms with E-state index in [1.807, 2.05) is 12.2 Å². The largest absolute Gasteiger partial charge is 0.481 e. The summed E-state index contributed by atoms with van der Waals surface area (Å²) in [5.41, 5.74) is 0. The zero-order valence-corrected chi connectivity index (χ0v) is 14.6. The molecule has 0 saturated heterocycles. The molecule has 0 aromatic heterocycles. The molecule has 138 valence electrons. The third-order valence-electron chi connectivity index (χ3n) is 1.82. The molecule has 6 heteroatoms. The summed E-state index contributed by atoms with van der Waals surface area (Å²) in [6.07, 6.45) is 7.89. The van der Waals surface area contributed by atoms with Gasteiger partial charge < -0.3 is 20.4 Å². The van der Waals surface area contributed by atoms with Crippen molar-refractivity contribution in [1.29, 1.82) is 0 Å². The Morgan fingerprint density at radius 2 is 1.40 bits per heavy atom. The average molecular weight is 350 g/mol. The maximum atomic E-state index is 9.40. The van der Waals surface area contributed by atoms with Crippen molar-refractivity contribution in [2.24, 2.45) is 0 Å². The van der Waals surface area contributed by atoms with Crippen LogP contribution in [0.2, 0.25) is 0 Å². The predicted octanol–water partition coefficient (Wildman–Crippen LogP) is 2.00. The minimum Gasteiger partial charge on any atom is -0.481 e. The van der Waals surface area contributed by atoms with Crippen molar-refractivity contribution in [1.82, 2.24) is 0 Å². The van der Waals surface area contributed by atoms with Crippen LogP contribution >= 0.6 is 0 Å². The van der Waals surface area contributed by atoms with E-state index in [-0.39, 0.29) is 0 Å². The van der Waals surface area contributed by atoms with Crippen LogP contribution in [0.3, 0.4) is 0 Å². The monoisotopic (exact) mass is 350 g/mol. The van der Waals surface area contributed by atoms with Gasteiger partial charge in [-0.3, -0.25) is 9.59 Å². The molecule has 0 fully saturated rings. The van der Waals surface area contributed by atoms with Crippen LogP contribution in [0.4, 0.5) is 0 Å². The van der Waals surface area contributed by atoms with Crippen LogP contribution in [-0.2, 0) is 9.59 Å². The van der Waals surface area contributed by atoms with Gasteiger partial charge in [0, 0.05) is 13.8 Å². The second-order valence-corrected chi connectivity index (χ2v) is 4.35. The van der Waals surface area contributed by atoms with E-state index in [4.69, 9.17) is 24.9 Å². The van der Waals surface area contributed by atoms with E-state index in [2.05, 4.69) is 36.8 Å². The molecule has 0 spiro atoms. The van der Waals surface area contributed by atoms with E-state index in [0.717, 1.165) is 33.1 Å². The highest BCUT2D eigenvalue weighted by Crippen LogP contribution is 1.97. The number of aliphatic hydroxyl groups is 2. The number of carboxylic acid groups (broad SMARTS) is 2. The molecule has 0 amide bonds. The molecule has 0 aromatic carbocycles. The van der Waals surface area contributed by atoms with Gasteiger partial charge in [0.05, 0.1) is 0 Å². The maximum Gasteiger partial charge on any atom is 0.300 e. The first-order valence-corrected chi connectivity index (χ1v) is 7.33. The van der Waals surface area contributed by atoms with Crippen LogP contribution in [0, 0.1) is 23.7 Å². The summed E-state index contributed by atoms with van der Waals surface area (Å²) in [5.74, 6) is 8.21. The van der Waals surface area contributed by atoms with Crippen molar-refractivity contribution < 1.29 is 30.0 Å². The van der Waals surface area contributed by atoms with Gasteiger partial charge in [0.15, 0.2) is 0 Å². The first-order valence-electron chi connectivity index (χ1n) is 7.33. The van der Waals surface area contributed by atoms with E-state index < -0.39 is 24.1 Å². The lowest BCUT2D eigenvalue weighted by Crippen LogP contribution is -1.97. The summed E-state index contributed by atoms with van der Waals surface area (Å²) < 4.78 is 0. The molecule has 0 heterocycles. The number of hydrogen-bond acceptors (Lipinski definition) is 4. The minimum atomic E-state index is -0.865. The number of carbonyl (C=O) groups is 2. The smallest absolute Gasteiger partial charge is 0.300 e. The van der Waals surface area contributed by atoms with E-state index in [0.29, 0.717) is 0 Å². The molecule has 0 radical (unpaired) electrons. The highest BCUT2D eigenvalue weighted by Gasteiger charge is 1.89. The first kappa shape index (κ1) is 27.1. The highest BCUT2D eigenvalue weighted by molar-refractivity contribution is 5.63. The van der Waals surface area contributed by atoms with Crippen LogP contribution < -0.4 is 0 Å². The SMILES string of the molecule is C=CCCCC=CC(O)C#CC#CC(O)C=C.CC(=O)O.CC(=O)O. The number of carboxylic acids is 2. The predicted molar refractivity (Wildman–Crippen MR) is 97.6 cm³/mol. The number of allylic oxidation sites excluding steroid dienone is 2. The van der Waals surface area contributed by atoms with Gasteiger partial charge in [-0.2, -0.15) is 0 Å². The summed E-state index contributed by atoms with van der Waals surface area (Å²) >= 11 is 0.